The Hall–Kier alpha value is -3.43. The molecular weight excluding hydrogens is 520 g/mol. The summed E-state index contributed by atoms with van der Waals surface area (Å²) in [6.45, 7) is 4.09. The van der Waals surface area contributed by atoms with E-state index in [1.54, 1.807) is 25.1 Å². The highest BCUT2D eigenvalue weighted by molar-refractivity contribution is 9.12. The maximum atomic E-state index is 14.2. The number of rotatable bonds is 2. The molecule has 2 spiro atoms. The number of benzene rings is 2. The molecule has 4 aliphatic rings. The largest absolute Gasteiger partial charge is 0.426 e. The molecule has 2 fully saturated rings. The molecule has 0 unspecified atom stereocenters. The van der Waals surface area contributed by atoms with Gasteiger partial charge in [0.25, 0.3) is 0 Å². The van der Waals surface area contributed by atoms with Crippen LogP contribution in [0.1, 0.15) is 63.8 Å². The summed E-state index contributed by atoms with van der Waals surface area (Å²) in [5.74, 6) is -2.49. The van der Waals surface area contributed by atoms with Crippen molar-refractivity contribution >= 4 is 45.2 Å². The number of allylic oxidation sites excluding steroid dienone is 1. The number of fused-ring (bicyclic) bond motifs is 2. The highest BCUT2D eigenvalue weighted by atomic mass is 79.9. The minimum Gasteiger partial charge on any atom is -0.426 e. The lowest BCUT2D eigenvalue weighted by Gasteiger charge is -2.35. The third-order valence-electron chi connectivity index (χ3n) is 7.42. The average molecular weight is 537 g/mol. The zero-order chi connectivity index (χ0) is 25.1. The minimum atomic E-state index is -1.65. The molecule has 1 heterocycles. The second-order valence-corrected chi connectivity index (χ2v) is 10.1. The van der Waals surface area contributed by atoms with Crippen LogP contribution in [0.15, 0.2) is 46.5 Å². The fraction of sp³-hybridized carbons (Fsp3) is 0.269. The van der Waals surface area contributed by atoms with Gasteiger partial charge >= 0.3 is 11.9 Å². The van der Waals surface area contributed by atoms with Crippen molar-refractivity contribution in [1.82, 2.24) is 0 Å². The van der Waals surface area contributed by atoms with Crippen molar-refractivity contribution in [2.75, 3.05) is 0 Å². The third kappa shape index (κ3) is 2.33. The SMILES string of the molecule is CC(=O)Oc1cccc2c1C(=O)[C@]13O[C@@]14C(=C(Br)C(=O)c1c(OC(C)=O)cccc14)C[C@@]3(C)C2=O. The summed E-state index contributed by atoms with van der Waals surface area (Å²) < 4.78 is 17.1. The van der Waals surface area contributed by atoms with Gasteiger partial charge in [-0.3, -0.25) is 24.0 Å². The fourth-order valence-electron chi connectivity index (χ4n) is 6.13. The fourth-order valence-corrected chi connectivity index (χ4v) is 6.75. The molecule has 3 aliphatic carbocycles. The first-order chi connectivity index (χ1) is 16.5. The number of carbonyl (C=O) groups excluding carboxylic acids is 5. The molecule has 0 amide bonds. The van der Waals surface area contributed by atoms with Crippen LogP contribution in [0, 0.1) is 5.41 Å². The van der Waals surface area contributed by atoms with Crippen LogP contribution in [-0.4, -0.2) is 34.9 Å². The Morgan fingerprint density at radius 1 is 0.914 bits per heavy atom. The van der Waals surface area contributed by atoms with Gasteiger partial charge in [-0.05, 0) is 47.0 Å². The number of esters is 2. The summed E-state index contributed by atoms with van der Waals surface area (Å²) >= 11 is 3.39. The van der Waals surface area contributed by atoms with Crippen molar-refractivity contribution in [3.05, 3.63) is 68.7 Å². The Morgan fingerprint density at radius 2 is 1.51 bits per heavy atom. The quantitative estimate of drug-likeness (QED) is 0.323. The lowest BCUT2D eigenvalue weighted by Crippen LogP contribution is -2.52. The summed E-state index contributed by atoms with van der Waals surface area (Å²) in [5, 5.41) is 0. The van der Waals surface area contributed by atoms with E-state index in [2.05, 4.69) is 15.9 Å². The first kappa shape index (κ1) is 22.1. The molecule has 1 aliphatic heterocycles. The number of Topliss-reactive ketones (excluding diaryl/α,β-unsaturated/α-hetero) is 3. The summed E-state index contributed by atoms with van der Waals surface area (Å²) in [7, 11) is 0. The molecule has 6 rings (SSSR count). The normalized spacial score (nSPS) is 29.5. The van der Waals surface area contributed by atoms with Gasteiger partial charge in [-0.2, -0.15) is 0 Å². The lowest BCUT2D eigenvalue weighted by atomic mass is 9.62. The average Bonchev–Trinajstić information content (AvgIpc) is 3.44. The van der Waals surface area contributed by atoms with Crippen molar-refractivity contribution in [2.45, 2.75) is 38.4 Å². The molecule has 1 saturated heterocycles. The Labute approximate surface area is 207 Å². The lowest BCUT2D eigenvalue weighted by molar-refractivity contribution is -0.132. The van der Waals surface area contributed by atoms with Gasteiger partial charge in [-0.1, -0.05) is 24.3 Å². The first-order valence-electron chi connectivity index (χ1n) is 10.9. The maximum Gasteiger partial charge on any atom is 0.308 e. The Morgan fingerprint density at radius 3 is 2.14 bits per heavy atom. The Balaban J connectivity index is 1.65. The molecule has 2 aromatic rings. The Bertz CT molecular complexity index is 1500. The van der Waals surface area contributed by atoms with Crippen LogP contribution in [0.5, 0.6) is 11.5 Å². The zero-order valence-electron chi connectivity index (χ0n) is 18.8. The van der Waals surface area contributed by atoms with E-state index in [4.69, 9.17) is 14.2 Å². The van der Waals surface area contributed by atoms with E-state index < -0.39 is 40.1 Å². The molecule has 3 atom stereocenters. The first-order valence-corrected chi connectivity index (χ1v) is 11.7. The molecule has 1 saturated carbocycles. The van der Waals surface area contributed by atoms with E-state index in [-0.39, 0.29) is 44.9 Å². The highest BCUT2D eigenvalue weighted by Gasteiger charge is 2.91. The van der Waals surface area contributed by atoms with Crippen molar-refractivity contribution in [3.8, 4) is 11.5 Å². The van der Waals surface area contributed by atoms with Crippen LogP contribution in [0.3, 0.4) is 0 Å². The van der Waals surface area contributed by atoms with E-state index >= 15 is 0 Å². The third-order valence-corrected chi connectivity index (χ3v) is 8.25. The number of halogens is 1. The Kier molecular flexibility index (Phi) is 4.17. The molecule has 9 heteroatoms. The maximum absolute atomic E-state index is 14.2. The van der Waals surface area contributed by atoms with Gasteiger partial charge < -0.3 is 14.2 Å². The van der Waals surface area contributed by atoms with Crippen molar-refractivity contribution < 1.29 is 38.2 Å². The summed E-state index contributed by atoms with van der Waals surface area (Å²) in [6, 6.07) is 9.27. The standard InChI is InChI=1S/C26H17BrO8/c1-11(28)33-16-8-4-6-13-18(16)23(32)26-24(3,22(13)31)10-15-20(27)21(30)19-14(25(15,26)35-26)7-5-9-17(19)34-12(2)29/h4-9H,10H2,1-3H3/t24-,25-,26+/m0/s1. The van der Waals surface area contributed by atoms with Crippen molar-refractivity contribution in [2.24, 2.45) is 5.41 Å². The second-order valence-electron chi connectivity index (χ2n) is 9.30. The topological polar surface area (TPSA) is 116 Å². The predicted molar refractivity (Wildman–Crippen MR) is 123 cm³/mol. The molecule has 2 aromatic carbocycles. The van der Waals surface area contributed by atoms with Gasteiger partial charge in [0, 0.05) is 25.0 Å². The van der Waals surface area contributed by atoms with Crippen LogP contribution in [0.2, 0.25) is 0 Å². The van der Waals surface area contributed by atoms with Gasteiger partial charge in [0.05, 0.1) is 21.0 Å². The van der Waals surface area contributed by atoms with Crippen LogP contribution in [-0.2, 0) is 19.9 Å². The zero-order valence-corrected chi connectivity index (χ0v) is 20.4. The number of epoxide rings is 1. The van der Waals surface area contributed by atoms with E-state index in [0.717, 1.165) is 0 Å². The van der Waals surface area contributed by atoms with Crippen molar-refractivity contribution in [1.29, 1.82) is 0 Å². The van der Waals surface area contributed by atoms with Gasteiger partial charge in [0.2, 0.25) is 11.6 Å². The van der Waals surface area contributed by atoms with Crippen LogP contribution >= 0.6 is 15.9 Å². The van der Waals surface area contributed by atoms with Crippen LogP contribution in [0.4, 0.5) is 0 Å². The minimum absolute atomic E-state index is 0.0194. The van der Waals surface area contributed by atoms with Gasteiger partial charge in [0.1, 0.15) is 11.5 Å². The molecule has 0 aromatic heterocycles. The highest BCUT2D eigenvalue weighted by Crippen LogP contribution is 2.80. The molecule has 0 N–H and O–H groups in total. The van der Waals surface area contributed by atoms with Gasteiger partial charge in [-0.25, -0.2) is 0 Å². The van der Waals surface area contributed by atoms with E-state index in [9.17, 15) is 24.0 Å². The van der Waals surface area contributed by atoms with E-state index in [0.29, 0.717) is 11.1 Å². The van der Waals surface area contributed by atoms with Gasteiger partial charge in [0.15, 0.2) is 17.0 Å². The molecule has 35 heavy (non-hydrogen) atoms. The smallest absolute Gasteiger partial charge is 0.308 e. The number of hydrogen-bond acceptors (Lipinski definition) is 8. The van der Waals surface area contributed by atoms with Crippen LogP contribution in [0.25, 0.3) is 0 Å². The summed E-state index contributed by atoms with van der Waals surface area (Å²) in [6.07, 6.45) is 0.109. The predicted octanol–water partition coefficient (Wildman–Crippen LogP) is 3.84. The van der Waals surface area contributed by atoms with Crippen molar-refractivity contribution in [3.63, 3.8) is 0 Å². The molecule has 0 bridgehead atoms. The van der Waals surface area contributed by atoms with Crippen LogP contribution < -0.4 is 9.47 Å². The monoisotopic (exact) mass is 536 g/mol. The molecule has 0 radical (unpaired) electrons. The van der Waals surface area contributed by atoms with E-state index in [1.165, 1.54) is 32.0 Å². The molecule has 176 valence electrons. The number of carbonyl (C=O) groups is 5. The number of ether oxygens (including phenoxy) is 3. The van der Waals surface area contributed by atoms with Gasteiger partial charge in [-0.15, -0.1) is 0 Å². The van der Waals surface area contributed by atoms with E-state index in [1.807, 2.05) is 0 Å². The second kappa shape index (κ2) is 6.61. The summed E-state index contributed by atoms with van der Waals surface area (Å²) in [5.41, 5.74) is -3.32. The number of ketones is 3. The number of hydrogen-bond donors (Lipinski definition) is 0. The summed E-state index contributed by atoms with van der Waals surface area (Å²) in [4.78, 5) is 65.0. The molecular formula is C26H17BrO8. The molecule has 8 nitrogen and oxygen atoms in total.